The van der Waals surface area contributed by atoms with Gasteiger partial charge in [0, 0.05) is 54.1 Å². The highest BCUT2D eigenvalue weighted by Crippen LogP contribution is 2.28. The van der Waals surface area contributed by atoms with Gasteiger partial charge in [-0.2, -0.15) is 4.98 Å². The maximum absolute atomic E-state index is 5.55. The average Bonchev–Trinajstić information content (AvgIpc) is 2.79. The fourth-order valence-corrected chi connectivity index (χ4v) is 3.29. The summed E-state index contributed by atoms with van der Waals surface area (Å²) in [5, 5.41) is 4.49. The number of halogens is 1. The predicted octanol–water partition coefficient (Wildman–Crippen LogP) is 5.48. The molecule has 31 heavy (non-hydrogen) atoms. The molecule has 3 heterocycles. The number of anilines is 2. The summed E-state index contributed by atoms with van der Waals surface area (Å²) in [6, 6.07) is 13.8. The molecule has 160 valence electrons. The first-order chi connectivity index (χ1) is 15.0. The first kappa shape index (κ1) is 22.6. The van der Waals surface area contributed by atoms with Crippen molar-refractivity contribution in [1.82, 2.24) is 19.9 Å². The molecule has 0 unspecified atom stereocenters. The molecule has 4 aromatic rings. The highest BCUT2D eigenvalue weighted by atomic mass is 35.5. The van der Waals surface area contributed by atoms with Crippen molar-refractivity contribution in [2.45, 2.75) is 6.92 Å². The van der Waals surface area contributed by atoms with Crippen LogP contribution in [0.15, 0.2) is 54.9 Å². The quantitative estimate of drug-likeness (QED) is 0.384. The van der Waals surface area contributed by atoms with Crippen molar-refractivity contribution in [1.29, 1.82) is 0 Å². The fraction of sp³-hybridized carbons (Fsp3) is 0.182. The van der Waals surface area contributed by atoms with Crippen molar-refractivity contribution in [2.75, 3.05) is 30.5 Å². The van der Waals surface area contributed by atoms with Gasteiger partial charge in [-0.25, -0.2) is 15.0 Å². The molecule has 0 amide bonds. The molecule has 2 N–H and O–H groups in total. The van der Waals surface area contributed by atoms with Gasteiger partial charge in [0.05, 0.1) is 12.1 Å². The number of nitrogens with one attached hydrogen (secondary N) is 2. The third-order valence-electron chi connectivity index (χ3n) is 4.29. The van der Waals surface area contributed by atoms with Crippen molar-refractivity contribution < 1.29 is 4.74 Å². The average molecular weight is 455 g/mol. The standard InChI is InChI=1S/C16H17N5S.C6H6ClNO/c1-10-14(11-5-4-6-13(7-11)21-22-3)8-12-9-18-16(17-2)20-15(12)19-10;1-9-6-3-2-5(7)4-8-6/h4-9,21H,1-3H3,(H,17,18,19,20);2-4H,1H3. The third-order valence-corrected chi connectivity index (χ3v) is 4.95. The Balaban J connectivity index is 0.000000254. The van der Waals surface area contributed by atoms with Gasteiger partial charge in [-0.1, -0.05) is 35.7 Å². The monoisotopic (exact) mass is 454 g/mol. The highest BCUT2D eigenvalue weighted by Gasteiger charge is 2.08. The molecule has 0 fully saturated rings. The van der Waals surface area contributed by atoms with E-state index in [2.05, 4.69) is 48.2 Å². The number of aromatic nitrogens is 4. The Hall–Kier alpha value is -3.10. The molecule has 3 aromatic heterocycles. The number of benzene rings is 1. The van der Waals surface area contributed by atoms with Crippen LogP contribution in [0.4, 0.5) is 11.6 Å². The summed E-state index contributed by atoms with van der Waals surface area (Å²) < 4.78 is 8.05. The summed E-state index contributed by atoms with van der Waals surface area (Å²) in [7, 11) is 3.36. The molecule has 0 atom stereocenters. The lowest BCUT2D eigenvalue weighted by Crippen LogP contribution is -1.98. The minimum atomic E-state index is 0.582. The Morgan fingerprint density at radius 3 is 2.55 bits per heavy atom. The maximum Gasteiger partial charge on any atom is 0.224 e. The van der Waals surface area contributed by atoms with E-state index < -0.39 is 0 Å². The Morgan fingerprint density at radius 1 is 1.03 bits per heavy atom. The van der Waals surface area contributed by atoms with Gasteiger partial charge in [-0.05, 0) is 36.8 Å². The van der Waals surface area contributed by atoms with E-state index in [1.165, 1.54) is 0 Å². The zero-order valence-corrected chi connectivity index (χ0v) is 19.3. The van der Waals surface area contributed by atoms with Crippen LogP contribution in [0.5, 0.6) is 5.88 Å². The normalized spacial score (nSPS) is 10.2. The van der Waals surface area contributed by atoms with Crippen LogP contribution in [0, 0.1) is 6.92 Å². The largest absolute Gasteiger partial charge is 0.481 e. The molecule has 4 rings (SSSR count). The Bertz CT molecular complexity index is 1160. The van der Waals surface area contributed by atoms with Crippen LogP contribution >= 0.6 is 23.5 Å². The van der Waals surface area contributed by atoms with Crippen LogP contribution in [0.3, 0.4) is 0 Å². The molecule has 0 radical (unpaired) electrons. The van der Waals surface area contributed by atoms with E-state index in [9.17, 15) is 0 Å². The Morgan fingerprint density at radius 2 is 1.87 bits per heavy atom. The molecule has 0 spiro atoms. The summed E-state index contributed by atoms with van der Waals surface area (Å²) in [5.74, 6) is 1.16. The second kappa shape index (κ2) is 10.8. The number of pyridine rings is 2. The maximum atomic E-state index is 5.55. The zero-order valence-electron chi connectivity index (χ0n) is 17.7. The number of hydrogen-bond acceptors (Lipinski definition) is 8. The molecule has 7 nitrogen and oxygen atoms in total. The van der Waals surface area contributed by atoms with Crippen LogP contribution in [0.1, 0.15) is 5.69 Å². The lowest BCUT2D eigenvalue weighted by molar-refractivity contribution is 0.398. The second-order valence-electron chi connectivity index (χ2n) is 6.38. The van der Waals surface area contributed by atoms with Gasteiger partial charge in [0.2, 0.25) is 11.8 Å². The van der Waals surface area contributed by atoms with E-state index in [1.807, 2.05) is 25.3 Å². The van der Waals surface area contributed by atoms with Gasteiger partial charge < -0.3 is 14.8 Å². The van der Waals surface area contributed by atoms with E-state index in [1.54, 1.807) is 50.6 Å². The highest BCUT2D eigenvalue weighted by molar-refractivity contribution is 7.99. The molecule has 0 aliphatic heterocycles. The molecule has 0 aliphatic rings. The first-order valence-corrected chi connectivity index (χ1v) is 11.0. The van der Waals surface area contributed by atoms with Gasteiger partial charge in [-0.3, -0.25) is 0 Å². The lowest BCUT2D eigenvalue weighted by Gasteiger charge is -2.10. The lowest BCUT2D eigenvalue weighted by atomic mass is 10.0. The van der Waals surface area contributed by atoms with E-state index in [0.717, 1.165) is 27.9 Å². The first-order valence-electron chi connectivity index (χ1n) is 9.41. The van der Waals surface area contributed by atoms with Gasteiger partial charge in [0.15, 0.2) is 5.65 Å². The molecule has 0 saturated heterocycles. The van der Waals surface area contributed by atoms with E-state index >= 15 is 0 Å². The van der Waals surface area contributed by atoms with E-state index in [0.29, 0.717) is 22.5 Å². The van der Waals surface area contributed by atoms with Crippen LogP contribution in [-0.4, -0.2) is 40.3 Å². The Kier molecular flexibility index (Phi) is 7.86. The Labute approximate surface area is 190 Å². The van der Waals surface area contributed by atoms with Crippen molar-refractivity contribution in [2.24, 2.45) is 0 Å². The van der Waals surface area contributed by atoms with E-state index in [4.69, 9.17) is 16.3 Å². The van der Waals surface area contributed by atoms with Gasteiger partial charge >= 0.3 is 0 Å². The predicted molar refractivity (Wildman–Crippen MR) is 130 cm³/mol. The summed E-state index contributed by atoms with van der Waals surface area (Å²) in [6.07, 6.45) is 5.35. The molecular weight excluding hydrogens is 432 g/mol. The van der Waals surface area contributed by atoms with Crippen molar-refractivity contribution in [3.8, 4) is 17.0 Å². The number of nitrogens with zero attached hydrogens (tertiary/aromatic N) is 4. The smallest absolute Gasteiger partial charge is 0.224 e. The van der Waals surface area contributed by atoms with Crippen LogP contribution < -0.4 is 14.8 Å². The van der Waals surface area contributed by atoms with Gasteiger partial charge in [0.25, 0.3) is 0 Å². The van der Waals surface area contributed by atoms with Gasteiger partial charge in [0.1, 0.15) is 0 Å². The molecule has 9 heteroatoms. The SMILES string of the molecule is CNc1ncc2cc(-c3cccc(NSC)c3)c(C)nc2n1.COc1ccc(Cl)cn1. The van der Waals surface area contributed by atoms with Crippen LogP contribution in [-0.2, 0) is 0 Å². The topological polar surface area (TPSA) is 84.9 Å². The summed E-state index contributed by atoms with van der Waals surface area (Å²) in [6.45, 7) is 2.00. The van der Waals surface area contributed by atoms with Crippen molar-refractivity contribution in [3.05, 3.63) is 65.6 Å². The fourth-order valence-electron chi connectivity index (χ4n) is 2.82. The van der Waals surface area contributed by atoms with Crippen LogP contribution in [0.2, 0.25) is 5.02 Å². The summed E-state index contributed by atoms with van der Waals surface area (Å²) in [4.78, 5) is 17.1. The number of methoxy groups -OCH3 is 1. The molecular formula is C22H23ClN6OS. The number of rotatable bonds is 5. The molecule has 1 aromatic carbocycles. The number of aryl methyl sites for hydroxylation is 1. The molecule has 0 saturated carbocycles. The summed E-state index contributed by atoms with van der Waals surface area (Å²) in [5.41, 5.74) is 4.96. The van der Waals surface area contributed by atoms with Crippen molar-refractivity contribution in [3.63, 3.8) is 0 Å². The minimum absolute atomic E-state index is 0.582. The van der Waals surface area contributed by atoms with E-state index in [-0.39, 0.29) is 0 Å². The molecule has 0 bridgehead atoms. The number of fused-ring (bicyclic) bond motifs is 1. The zero-order chi connectivity index (χ0) is 22.2. The molecule has 0 aliphatic carbocycles. The number of hydrogen-bond donors (Lipinski definition) is 2. The summed E-state index contributed by atoms with van der Waals surface area (Å²) >= 11 is 7.13. The number of ether oxygens (including phenoxy) is 1. The minimum Gasteiger partial charge on any atom is -0.481 e. The third kappa shape index (κ3) is 5.96. The van der Waals surface area contributed by atoms with Crippen molar-refractivity contribution >= 4 is 46.2 Å². The second-order valence-corrected chi connectivity index (χ2v) is 7.43. The van der Waals surface area contributed by atoms with Gasteiger partial charge in [-0.15, -0.1) is 0 Å². The van der Waals surface area contributed by atoms with Crippen LogP contribution in [0.25, 0.3) is 22.2 Å².